The van der Waals surface area contributed by atoms with Crippen LogP contribution in [0.2, 0.25) is 0 Å². The number of carbonyl (C=O) groups excluding carboxylic acids is 2. The molecule has 0 radical (unpaired) electrons. The summed E-state index contributed by atoms with van der Waals surface area (Å²) in [6.45, 7) is 3.35. The van der Waals surface area contributed by atoms with Crippen molar-refractivity contribution in [3.63, 3.8) is 0 Å². The SMILES string of the molecule is Cc1ccccc1[C@@H]1[C@@H](C(=O)N2CCC(c3ccncc3)CC2)OCC(=O)N1C. The summed E-state index contributed by atoms with van der Waals surface area (Å²) in [5.41, 5.74) is 3.30. The van der Waals surface area contributed by atoms with Crippen LogP contribution in [0.5, 0.6) is 0 Å². The quantitative estimate of drug-likeness (QED) is 0.804. The molecule has 0 unspecified atom stereocenters. The fourth-order valence-corrected chi connectivity index (χ4v) is 4.46. The van der Waals surface area contributed by atoms with E-state index in [0.717, 1.165) is 24.0 Å². The topological polar surface area (TPSA) is 62.7 Å². The van der Waals surface area contributed by atoms with Gasteiger partial charge in [0.2, 0.25) is 5.91 Å². The van der Waals surface area contributed by atoms with Gasteiger partial charge in [0.05, 0.1) is 6.04 Å². The molecule has 6 nitrogen and oxygen atoms in total. The number of nitrogens with zero attached hydrogens (tertiary/aromatic N) is 3. The third kappa shape index (κ3) is 3.90. The van der Waals surface area contributed by atoms with Crippen LogP contribution in [0.4, 0.5) is 0 Å². The van der Waals surface area contributed by atoms with Gasteiger partial charge in [-0.05, 0) is 54.5 Å². The van der Waals surface area contributed by atoms with Crippen molar-refractivity contribution in [2.24, 2.45) is 0 Å². The highest BCUT2D eigenvalue weighted by Crippen LogP contribution is 2.34. The number of carbonyl (C=O) groups is 2. The maximum atomic E-state index is 13.4. The Morgan fingerprint density at radius 1 is 1.10 bits per heavy atom. The molecule has 2 aliphatic heterocycles. The molecule has 1 aromatic heterocycles. The third-order valence-electron chi connectivity index (χ3n) is 6.22. The predicted molar refractivity (Wildman–Crippen MR) is 109 cm³/mol. The monoisotopic (exact) mass is 393 g/mol. The number of ether oxygens (including phenoxy) is 1. The van der Waals surface area contributed by atoms with Crippen LogP contribution in [0.25, 0.3) is 0 Å². The highest BCUT2D eigenvalue weighted by molar-refractivity contribution is 5.86. The first-order valence-electron chi connectivity index (χ1n) is 10.2. The Hall–Kier alpha value is -2.73. The van der Waals surface area contributed by atoms with E-state index in [0.29, 0.717) is 19.0 Å². The van der Waals surface area contributed by atoms with E-state index in [-0.39, 0.29) is 18.4 Å². The maximum absolute atomic E-state index is 13.4. The number of rotatable bonds is 3. The van der Waals surface area contributed by atoms with Gasteiger partial charge in [-0.1, -0.05) is 24.3 Å². The van der Waals surface area contributed by atoms with Crippen molar-refractivity contribution in [3.05, 3.63) is 65.5 Å². The summed E-state index contributed by atoms with van der Waals surface area (Å²) in [6.07, 6.45) is 4.82. The molecule has 0 spiro atoms. The van der Waals surface area contributed by atoms with Crippen LogP contribution >= 0.6 is 0 Å². The highest BCUT2D eigenvalue weighted by Gasteiger charge is 2.42. The van der Waals surface area contributed by atoms with Crippen LogP contribution < -0.4 is 0 Å². The number of aromatic nitrogens is 1. The van der Waals surface area contributed by atoms with Crippen molar-refractivity contribution in [1.82, 2.24) is 14.8 Å². The van der Waals surface area contributed by atoms with Crippen molar-refractivity contribution in [2.45, 2.75) is 37.8 Å². The minimum atomic E-state index is -0.670. The van der Waals surface area contributed by atoms with Gasteiger partial charge in [0.1, 0.15) is 6.61 Å². The van der Waals surface area contributed by atoms with Crippen molar-refractivity contribution in [2.75, 3.05) is 26.7 Å². The van der Waals surface area contributed by atoms with Gasteiger partial charge in [0, 0.05) is 32.5 Å². The summed E-state index contributed by atoms with van der Waals surface area (Å²) in [4.78, 5) is 33.4. The zero-order valence-electron chi connectivity index (χ0n) is 17.0. The Kier molecular flexibility index (Phi) is 5.62. The highest BCUT2D eigenvalue weighted by atomic mass is 16.5. The molecule has 1 aromatic carbocycles. The van der Waals surface area contributed by atoms with Crippen LogP contribution in [-0.2, 0) is 14.3 Å². The second kappa shape index (κ2) is 8.33. The van der Waals surface area contributed by atoms with Crippen molar-refractivity contribution in [3.8, 4) is 0 Å². The number of likely N-dealkylation sites (tertiary alicyclic amines) is 1. The van der Waals surface area contributed by atoms with Gasteiger partial charge in [0.25, 0.3) is 5.91 Å². The molecule has 6 heteroatoms. The maximum Gasteiger partial charge on any atom is 0.254 e. The van der Waals surface area contributed by atoms with Gasteiger partial charge in [-0.3, -0.25) is 14.6 Å². The van der Waals surface area contributed by atoms with Crippen molar-refractivity contribution >= 4 is 11.8 Å². The Labute approximate surface area is 171 Å². The number of pyridine rings is 1. The number of hydrogen-bond acceptors (Lipinski definition) is 4. The molecule has 0 saturated carbocycles. The Morgan fingerprint density at radius 3 is 2.48 bits per heavy atom. The normalized spacial score (nSPS) is 23.3. The van der Waals surface area contributed by atoms with E-state index in [2.05, 4.69) is 17.1 Å². The molecule has 0 aliphatic carbocycles. The van der Waals surface area contributed by atoms with E-state index in [9.17, 15) is 9.59 Å². The predicted octanol–water partition coefficient (Wildman–Crippen LogP) is 2.69. The largest absolute Gasteiger partial charge is 0.356 e. The lowest BCUT2D eigenvalue weighted by Crippen LogP contribution is -2.55. The fourth-order valence-electron chi connectivity index (χ4n) is 4.46. The van der Waals surface area contributed by atoms with Crippen molar-refractivity contribution in [1.29, 1.82) is 0 Å². The van der Waals surface area contributed by atoms with E-state index < -0.39 is 12.1 Å². The average molecular weight is 393 g/mol. The Bertz CT molecular complexity index is 878. The molecular formula is C23H27N3O3. The first kappa shape index (κ1) is 19.6. The molecule has 2 amide bonds. The molecule has 2 aliphatic rings. The lowest BCUT2D eigenvalue weighted by atomic mass is 9.89. The van der Waals surface area contributed by atoms with Gasteiger partial charge >= 0.3 is 0 Å². The summed E-state index contributed by atoms with van der Waals surface area (Å²) in [7, 11) is 1.76. The van der Waals surface area contributed by atoms with Gasteiger partial charge in [-0.15, -0.1) is 0 Å². The number of piperidine rings is 1. The van der Waals surface area contributed by atoms with E-state index in [1.807, 2.05) is 48.5 Å². The molecule has 2 aromatic rings. The van der Waals surface area contributed by atoms with Crippen molar-refractivity contribution < 1.29 is 14.3 Å². The van der Waals surface area contributed by atoms with Crippen LogP contribution in [0, 0.1) is 6.92 Å². The van der Waals surface area contributed by atoms with Gasteiger partial charge in [0.15, 0.2) is 6.10 Å². The van der Waals surface area contributed by atoms with Gasteiger partial charge in [-0.2, -0.15) is 0 Å². The smallest absolute Gasteiger partial charge is 0.254 e. The molecule has 2 saturated heterocycles. The molecule has 0 N–H and O–H groups in total. The van der Waals surface area contributed by atoms with Crippen LogP contribution in [0.1, 0.15) is 41.5 Å². The lowest BCUT2D eigenvalue weighted by Gasteiger charge is -2.42. The summed E-state index contributed by atoms with van der Waals surface area (Å²) in [6, 6.07) is 11.6. The molecule has 2 fully saturated rings. The summed E-state index contributed by atoms with van der Waals surface area (Å²) in [5, 5.41) is 0. The van der Waals surface area contributed by atoms with Crippen LogP contribution in [-0.4, -0.2) is 59.4 Å². The van der Waals surface area contributed by atoms with E-state index in [1.54, 1.807) is 11.9 Å². The first-order valence-corrected chi connectivity index (χ1v) is 10.2. The second-order valence-corrected chi connectivity index (χ2v) is 7.92. The van der Waals surface area contributed by atoms with E-state index in [1.165, 1.54) is 5.56 Å². The molecule has 3 heterocycles. The van der Waals surface area contributed by atoms with Crippen LogP contribution in [0.3, 0.4) is 0 Å². The van der Waals surface area contributed by atoms with E-state index in [4.69, 9.17) is 4.74 Å². The zero-order chi connectivity index (χ0) is 20.4. The fraction of sp³-hybridized carbons (Fsp3) is 0.435. The number of hydrogen-bond donors (Lipinski definition) is 0. The summed E-state index contributed by atoms with van der Waals surface area (Å²) in [5.74, 6) is 0.329. The average Bonchev–Trinajstić information content (AvgIpc) is 2.76. The summed E-state index contributed by atoms with van der Waals surface area (Å²) < 4.78 is 5.82. The van der Waals surface area contributed by atoms with Crippen LogP contribution in [0.15, 0.2) is 48.8 Å². The molecule has 29 heavy (non-hydrogen) atoms. The molecule has 2 atom stereocenters. The van der Waals surface area contributed by atoms with E-state index >= 15 is 0 Å². The van der Waals surface area contributed by atoms with Gasteiger partial charge < -0.3 is 14.5 Å². The second-order valence-electron chi connectivity index (χ2n) is 7.92. The number of likely N-dealkylation sites (N-methyl/N-ethyl adjacent to an activating group) is 1. The number of amides is 2. The first-order chi connectivity index (χ1) is 14.1. The molecule has 4 rings (SSSR count). The number of aryl methyl sites for hydroxylation is 1. The van der Waals surface area contributed by atoms with Gasteiger partial charge in [-0.25, -0.2) is 0 Å². The summed E-state index contributed by atoms with van der Waals surface area (Å²) >= 11 is 0. The molecule has 152 valence electrons. The minimum Gasteiger partial charge on any atom is -0.356 e. The Balaban J connectivity index is 1.51. The number of morpholine rings is 1. The standard InChI is InChI=1S/C23H27N3O3/c1-16-5-3-4-6-19(16)21-22(29-15-20(27)25(21)2)23(28)26-13-9-18(10-14-26)17-7-11-24-12-8-17/h3-8,11-12,18,21-22H,9-10,13-15H2,1-2H3/t21-,22+/m1/s1. The lowest BCUT2D eigenvalue weighted by molar-refractivity contribution is -0.168. The third-order valence-corrected chi connectivity index (χ3v) is 6.22. The molecular weight excluding hydrogens is 366 g/mol. The number of benzene rings is 1. The minimum absolute atomic E-state index is 0.0224. The molecule has 0 bridgehead atoms. The zero-order valence-corrected chi connectivity index (χ0v) is 17.0. The Morgan fingerprint density at radius 2 is 1.79 bits per heavy atom.